The summed E-state index contributed by atoms with van der Waals surface area (Å²) in [6.07, 6.45) is 10.6. The molecule has 2 aliphatic heterocycles. The third-order valence-electron chi connectivity index (χ3n) is 6.96. The van der Waals surface area contributed by atoms with Crippen molar-refractivity contribution in [3.63, 3.8) is 0 Å². The number of aromatic nitrogens is 1. The van der Waals surface area contributed by atoms with E-state index in [0.717, 1.165) is 57.5 Å². The second-order valence-corrected chi connectivity index (χ2v) is 9.03. The summed E-state index contributed by atoms with van der Waals surface area (Å²) in [6, 6.07) is 12.8. The van der Waals surface area contributed by atoms with Crippen molar-refractivity contribution in [1.29, 1.82) is 0 Å². The number of hydrogen-bond donors (Lipinski definition) is 0. The van der Waals surface area contributed by atoms with Crippen LogP contribution in [-0.2, 0) is 17.8 Å². The highest BCUT2D eigenvalue weighted by molar-refractivity contribution is 5.96. The van der Waals surface area contributed by atoms with Crippen LogP contribution in [0.1, 0.15) is 43.2 Å². The van der Waals surface area contributed by atoms with Crippen molar-refractivity contribution in [2.75, 3.05) is 24.5 Å². The minimum atomic E-state index is 0.185. The van der Waals surface area contributed by atoms with Gasteiger partial charge in [0.2, 0.25) is 5.91 Å². The van der Waals surface area contributed by atoms with E-state index in [1.807, 2.05) is 18.5 Å². The van der Waals surface area contributed by atoms with Crippen LogP contribution in [0.4, 0.5) is 5.69 Å². The van der Waals surface area contributed by atoms with Crippen LogP contribution in [0, 0.1) is 11.3 Å². The Morgan fingerprint density at radius 3 is 2.79 bits per heavy atom. The van der Waals surface area contributed by atoms with Crippen molar-refractivity contribution in [2.45, 2.75) is 45.1 Å². The van der Waals surface area contributed by atoms with Gasteiger partial charge in [-0.15, -0.1) is 0 Å². The van der Waals surface area contributed by atoms with Gasteiger partial charge in [-0.2, -0.15) is 0 Å². The van der Waals surface area contributed by atoms with Crippen LogP contribution >= 0.6 is 0 Å². The summed E-state index contributed by atoms with van der Waals surface area (Å²) >= 11 is 0. The zero-order valence-corrected chi connectivity index (χ0v) is 16.5. The molecule has 1 aromatic heterocycles. The molecule has 3 heterocycles. The predicted molar refractivity (Wildman–Crippen MR) is 111 cm³/mol. The van der Waals surface area contributed by atoms with Gasteiger partial charge in [0.1, 0.15) is 0 Å². The van der Waals surface area contributed by atoms with E-state index in [1.54, 1.807) is 0 Å². The van der Waals surface area contributed by atoms with Gasteiger partial charge in [0.25, 0.3) is 0 Å². The summed E-state index contributed by atoms with van der Waals surface area (Å²) in [7, 11) is 0. The van der Waals surface area contributed by atoms with E-state index >= 15 is 0 Å². The lowest BCUT2D eigenvalue weighted by atomic mass is 9.76. The van der Waals surface area contributed by atoms with Crippen molar-refractivity contribution in [3.8, 4) is 0 Å². The minimum absolute atomic E-state index is 0.185. The molecule has 1 aliphatic carbocycles. The van der Waals surface area contributed by atoms with E-state index < -0.39 is 0 Å². The molecule has 0 bridgehead atoms. The molecule has 1 aromatic carbocycles. The smallest absolute Gasteiger partial charge is 0.230 e. The van der Waals surface area contributed by atoms with Crippen molar-refractivity contribution in [3.05, 3.63) is 59.9 Å². The summed E-state index contributed by atoms with van der Waals surface area (Å²) in [5.41, 5.74) is 3.97. The Hall–Kier alpha value is -2.20. The van der Waals surface area contributed by atoms with E-state index in [0.29, 0.717) is 5.91 Å². The number of amides is 1. The highest BCUT2D eigenvalue weighted by atomic mass is 16.2. The van der Waals surface area contributed by atoms with Crippen LogP contribution < -0.4 is 4.90 Å². The molecule has 1 spiro atoms. The quantitative estimate of drug-likeness (QED) is 0.812. The zero-order chi connectivity index (χ0) is 19.0. The lowest BCUT2D eigenvalue weighted by Gasteiger charge is -2.42. The van der Waals surface area contributed by atoms with Gasteiger partial charge in [0.15, 0.2) is 0 Å². The molecule has 0 radical (unpaired) electrons. The molecule has 1 amide bonds. The van der Waals surface area contributed by atoms with Gasteiger partial charge in [-0.25, -0.2) is 0 Å². The molecule has 1 unspecified atom stereocenters. The van der Waals surface area contributed by atoms with Crippen molar-refractivity contribution in [1.82, 2.24) is 9.88 Å². The van der Waals surface area contributed by atoms with Gasteiger partial charge in [-0.3, -0.25) is 14.7 Å². The molecule has 0 N–H and O–H groups in total. The van der Waals surface area contributed by atoms with E-state index in [-0.39, 0.29) is 11.3 Å². The summed E-state index contributed by atoms with van der Waals surface area (Å²) < 4.78 is 0. The second-order valence-electron chi connectivity index (χ2n) is 9.03. The van der Waals surface area contributed by atoms with Crippen LogP contribution in [0.5, 0.6) is 0 Å². The summed E-state index contributed by atoms with van der Waals surface area (Å²) in [6.45, 7) is 3.99. The van der Waals surface area contributed by atoms with E-state index in [4.69, 9.17) is 0 Å². The second kappa shape index (κ2) is 7.32. The molecule has 1 atom stereocenters. The maximum atomic E-state index is 13.4. The Morgan fingerprint density at radius 2 is 1.96 bits per heavy atom. The summed E-state index contributed by atoms with van der Waals surface area (Å²) in [5.74, 6) is 0.603. The fourth-order valence-electron chi connectivity index (χ4n) is 5.58. The number of anilines is 1. The molecule has 3 aliphatic rings. The summed E-state index contributed by atoms with van der Waals surface area (Å²) in [4.78, 5) is 22.3. The first kappa shape index (κ1) is 17.9. The SMILES string of the molecule is O=C(C1CCCC1)N1CC2(CCN(Cc3cccnc3)C2)Cc2ccccc21. The first-order chi connectivity index (χ1) is 13.7. The third kappa shape index (κ3) is 3.35. The van der Waals surface area contributed by atoms with Gasteiger partial charge in [0.05, 0.1) is 0 Å². The Balaban J connectivity index is 1.38. The predicted octanol–water partition coefficient (Wildman–Crippen LogP) is 4.05. The molecule has 2 aromatic rings. The first-order valence-corrected chi connectivity index (χ1v) is 10.7. The van der Waals surface area contributed by atoms with Crippen molar-refractivity contribution in [2.24, 2.45) is 11.3 Å². The van der Waals surface area contributed by atoms with Crippen LogP contribution in [0.2, 0.25) is 0 Å². The maximum absolute atomic E-state index is 13.4. The number of carbonyl (C=O) groups is 1. The number of rotatable bonds is 3. The molecule has 4 heteroatoms. The molecule has 28 heavy (non-hydrogen) atoms. The minimum Gasteiger partial charge on any atom is -0.311 e. The average Bonchev–Trinajstić information content (AvgIpc) is 3.39. The number of fused-ring (bicyclic) bond motifs is 1. The average molecular weight is 376 g/mol. The van der Waals surface area contributed by atoms with Crippen LogP contribution in [0.15, 0.2) is 48.8 Å². The van der Waals surface area contributed by atoms with Crippen molar-refractivity contribution < 1.29 is 4.79 Å². The molecular formula is C24H29N3O. The van der Waals surface area contributed by atoms with Gasteiger partial charge >= 0.3 is 0 Å². The zero-order valence-electron chi connectivity index (χ0n) is 16.5. The highest BCUT2D eigenvalue weighted by Crippen LogP contribution is 2.44. The number of hydrogen-bond acceptors (Lipinski definition) is 3. The van der Waals surface area contributed by atoms with Crippen LogP contribution in [-0.4, -0.2) is 35.4 Å². The lowest BCUT2D eigenvalue weighted by molar-refractivity contribution is -0.122. The number of benzene rings is 1. The van der Waals surface area contributed by atoms with Crippen molar-refractivity contribution >= 4 is 11.6 Å². The molecule has 4 nitrogen and oxygen atoms in total. The molecule has 146 valence electrons. The largest absolute Gasteiger partial charge is 0.311 e. The topological polar surface area (TPSA) is 36.4 Å². The molecule has 1 saturated carbocycles. The van der Waals surface area contributed by atoms with E-state index in [2.05, 4.69) is 45.1 Å². The number of pyridine rings is 1. The monoisotopic (exact) mass is 375 g/mol. The van der Waals surface area contributed by atoms with Gasteiger partial charge in [0, 0.05) is 49.0 Å². The number of carbonyl (C=O) groups excluding carboxylic acids is 1. The fraction of sp³-hybridized carbons (Fsp3) is 0.500. The Morgan fingerprint density at radius 1 is 1.11 bits per heavy atom. The van der Waals surface area contributed by atoms with Crippen LogP contribution in [0.3, 0.4) is 0 Å². The highest BCUT2D eigenvalue weighted by Gasteiger charge is 2.45. The maximum Gasteiger partial charge on any atom is 0.230 e. The Bertz CT molecular complexity index is 846. The van der Waals surface area contributed by atoms with Crippen LogP contribution in [0.25, 0.3) is 0 Å². The molecule has 5 rings (SSSR count). The van der Waals surface area contributed by atoms with E-state index in [1.165, 1.54) is 24.0 Å². The van der Waals surface area contributed by atoms with Gasteiger partial charge in [-0.1, -0.05) is 37.1 Å². The number of nitrogens with zero attached hydrogens (tertiary/aromatic N) is 3. The normalized spacial score (nSPS) is 25.4. The number of para-hydroxylation sites is 1. The molecule has 1 saturated heterocycles. The lowest BCUT2D eigenvalue weighted by Crippen LogP contribution is -2.49. The van der Waals surface area contributed by atoms with Gasteiger partial charge in [-0.05, 0) is 55.5 Å². The summed E-state index contributed by atoms with van der Waals surface area (Å²) in [5, 5.41) is 0. The first-order valence-electron chi connectivity index (χ1n) is 10.7. The Labute approximate surface area is 167 Å². The third-order valence-corrected chi connectivity index (χ3v) is 6.96. The fourth-order valence-corrected chi connectivity index (χ4v) is 5.58. The van der Waals surface area contributed by atoms with Gasteiger partial charge < -0.3 is 4.90 Å². The van der Waals surface area contributed by atoms with E-state index in [9.17, 15) is 4.79 Å². The molecular weight excluding hydrogens is 346 g/mol. The Kier molecular flexibility index (Phi) is 4.67. The molecule has 2 fully saturated rings. The number of likely N-dealkylation sites (tertiary alicyclic amines) is 1. The standard InChI is InChI=1S/C24H29N3O/c28-23(20-7-1-2-8-20)27-18-24(14-21-9-3-4-10-22(21)27)11-13-26(17-24)16-19-6-5-12-25-15-19/h3-6,9-10,12,15,20H,1-2,7-8,11,13-14,16-18H2.